The van der Waals surface area contributed by atoms with Gasteiger partial charge in [-0.25, -0.2) is 4.98 Å². The van der Waals surface area contributed by atoms with Gasteiger partial charge in [0, 0.05) is 25.9 Å². The fraction of sp³-hybridized carbons (Fsp3) is 0.211. The SMILES string of the molecule is COCCOc1ccc(CNc2ccc(-n3ncc(Cl)c(Cl)c3=O)cc2Cl)cn1. The molecule has 0 atom stereocenters. The first-order chi connectivity index (χ1) is 14.0. The predicted octanol–water partition coefficient (Wildman–Crippen LogP) is 4.23. The quantitative estimate of drug-likeness (QED) is 0.512. The van der Waals surface area contributed by atoms with Gasteiger partial charge in [0.25, 0.3) is 5.56 Å². The molecule has 0 saturated heterocycles. The molecule has 29 heavy (non-hydrogen) atoms. The number of pyridine rings is 1. The van der Waals surface area contributed by atoms with Crippen LogP contribution in [-0.4, -0.2) is 35.1 Å². The molecular weight excluding hydrogens is 439 g/mol. The van der Waals surface area contributed by atoms with Crippen molar-refractivity contribution in [1.82, 2.24) is 14.8 Å². The summed E-state index contributed by atoms with van der Waals surface area (Å²) in [6, 6.07) is 8.78. The average Bonchev–Trinajstić information content (AvgIpc) is 2.72. The molecule has 1 aromatic carbocycles. The van der Waals surface area contributed by atoms with E-state index in [9.17, 15) is 4.79 Å². The zero-order valence-electron chi connectivity index (χ0n) is 15.4. The number of aromatic nitrogens is 3. The molecule has 0 saturated carbocycles. The average molecular weight is 456 g/mol. The van der Waals surface area contributed by atoms with Gasteiger partial charge in [0.1, 0.15) is 11.6 Å². The summed E-state index contributed by atoms with van der Waals surface area (Å²) in [7, 11) is 1.61. The van der Waals surface area contributed by atoms with E-state index >= 15 is 0 Å². The topological polar surface area (TPSA) is 78.3 Å². The Kier molecular flexibility index (Phi) is 7.33. The lowest BCUT2D eigenvalue weighted by Gasteiger charge is -2.11. The number of rotatable bonds is 8. The van der Waals surface area contributed by atoms with Crippen LogP contribution in [0.2, 0.25) is 15.1 Å². The van der Waals surface area contributed by atoms with Crippen LogP contribution in [0, 0.1) is 0 Å². The largest absolute Gasteiger partial charge is 0.475 e. The molecule has 2 aromatic heterocycles. The van der Waals surface area contributed by atoms with Crippen molar-refractivity contribution >= 4 is 40.5 Å². The maximum Gasteiger partial charge on any atom is 0.291 e. The first-order valence-electron chi connectivity index (χ1n) is 8.53. The van der Waals surface area contributed by atoms with E-state index in [4.69, 9.17) is 44.3 Å². The van der Waals surface area contributed by atoms with Crippen LogP contribution in [0.4, 0.5) is 5.69 Å². The maximum atomic E-state index is 12.2. The van der Waals surface area contributed by atoms with Gasteiger partial charge in [0.15, 0.2) is 0 Å². The molecule has 7 nitrogen and oxygen atoms in total. The molecule has 3 rings (SSSR count). The fourth-order valence-electron chi connectivity index (χ4n) is 2.40. The van der Waals surface area contributed by atoms with Crippen LogP contribution in [0.25, 0.3) is 5.69 Å². The minimum absolute atomic E-state index is 0.0952. The van der Waals surface area contributed by atoms with Crippen LogP contribution in [0.5, 0.6) is 5.88 Å². The first kappa shape index (κ1) is 21.4. The normalized spacial score (nSPS) is 10.8. The van der Waals surface area contributed by atoms with Crippen LogP contribution >= 0.6 is 34.8 Å². The molecule has 0 spiro atoms. The van der Waals surface area contributed by atoms with Crippen molar-refractivity contribution in [3.05, 3.63) is 73.7 Å². The second-order valence-corrected chi connectivity index (χ2v) is 7.08. The summed E-state index contributed by atoms with van der Waals surface area (Å²) in [6.07, 6.45) is 3.03. The third-order valence-corrected chi connectivity index (χ3v) is 4.95. The van der Waals surface area contributed by atoms with E-state index in [0.29, 0.717) is 42.0 Å². The highest BCUT2D eigenvalue weighted by Gasteiger charge is 2.11. The van der Waals surface area contributed by atoms with Gasteiger partial charge in [-0.3, -0.25) is 4.79 Å². The van der Waals surface area contributed by atoms with E-state index < -0.39 is 5.56 Å². The molecule has 152 valence electrons. The third-order valence-electron chi connectivity index (χ3n) is 3.89. The molecule has 0 bridgehead atoms. The van der Waals surface area contributed by atoms with E-state index in [1.165, 1.54) is 6.20 Å². The number of nitrogens with one attached hydrogen (secondary N) is 1. The standard InChI is InChI=1S/C19H17Cl3N4O3/c1-28-6-7-29-17-5-2-12(10-24-17)9-23-16-4-3-13(8-14(16)20)26-19(27)18(22)15(21)11-25-26/h2-5,8,10-11,23H,6-7,9H2,1H3. The molecule has 0 fully saturated rings. The number of hydrogen-bond acceptors (Lipinski definition) is 6. The Hall–Kier alpha value is -2.32. The zero-order chi connectivity index (χ0) is 20.8. The van der Waals surface area contributed by atoms with E-state index in [1.807, 2.05) is 6.07 Å². The molecule has 0 amide bonds. The molecule has 1 N–H and O–H groups in total. The van der Waals surface area contributed by atoms with Crippen LogP contribution in [0.1, 0.15) is 5.56 Å². The Morgan fingerprint density at radius 2 is 1.90 bits per heavy atom. The Bertz CT molecular complexity index is 1040. The highest BCUT2D eigenvalue weighted by atomic mass is 35.5. The van der Waals surface area contributed by atoms with Gasteiger partial charge in [-0.05, 0) is 23.8 Å². The zero-order valence-corrected chi connectivity index (χ0v) is 17.6. The number of hydrogen-bond donors (Lipinski definition) is 1. The number of anilines is 1. The lowest BCUT2D eigenvalue weighted by molar-refractivity contribution is 0.143. The van der Waals surface area contributed by atoms with Crippen molar-refractivity contribution in [3.63, 3.8) is 0 Å². The van der Waals surface area contributed by atoms with E-state index in [-0.39, 0.29) is 10.0 Å². The van der Waals surface area contributed by atoms with Crippen molar-refractivity contribution < 1.29 is 9.47 Å². The van der Waals surface area contributed by atoms with Gasteiger partial charge in [0.05, 0.1) is 34.2 Å². The number of ether oxygens (including phenoxy) is 2. The summed E-state index contributed by atoms with van der Waals surface area (Å²) in [5.74, 6) is 0.535. The van der Waals surface area contributed by atoms with Crippen LogP contribution in [-0.2, 0) is 11.3 Å². The second-order valence-electron chi connectivity index (χ2n) is 5.89. The van der Waals surface area contributed by atoms with Gasteiger partial charge in [0.2, 0.25) is 5.88 Å². The van der Waals surface area contributed by atoms with Gasteiger partial charge >= 0.3 is 0 Å². The Morgan fingerprint density at radius 1 is 1.07 bits per heavy atom. The predicted molar refractivity (Wildman–Crippen MR) is 114 cm³/mol. The summed E-state index contributed by atoms with van der Waals surface area (Å²) in [5, 5.41) is 7.64. The summed E-state index contributed by atoms with van der Waals surface area (Å²) in [5.41, 5.74) is 1.61. The molecule has 0 aliphatic carbocycles. The molecule has 10 heteroatoms. The lowest BCUT2D eigenvalue weighted by atomic mass is 10.2. The van der Waals surface area contributed by atoms with Gasteiger partial charge in [-0.2, -0.15) is 9.78 Å². The van der Waals surface area contributed by atoms with Crippen molar-refractivity contribution in [3.8, 4) is 11.6 Å². The smallest absolute Gasteiger partial charge is 0.291 e. The molecule has 3 aromatic rings. The second kappa shape index (κ2) is 9.93. The minimum atomic E-state index is -0.519. The molecule has 2 heterocycles. The van der Waals surface area contributed by atoms with Gasteiger partial charge in [-0.1, -0.05) is 40.9 Å². The highest BCUT2D eigenvalue weighted by molar-refractivity contribution is 6.41. The van der Waals surface area contributed by atoms with E-state index in [2.05, 4.69) is 15.4 Å². The van der Waals surface area contributed by atoms with Crippen LogP contribution in [0.15, 0.2) is 47.5 Å². The Balaban J connectivity index is 1.67. The van der Waals surface area contributed by atoms with Gasteiger partial charge < -0.3 is 14.8 Å². The number of methoxy groups -OCH3 is 1. The van der Waals surface area contributed by atoms with E-state index in [1.54, 1.807) is 37.6 Å². The Morgan fingerprint density at radius 3 is 2.59 bits per heavy atom. The Labute approximate surface area is 182 Å². The van der Waals surface area contributed by atoms with Crippen molar-refractivity contribution in [2.45, 2.75) is 6.54 Å². The number of halogens is 3. The summed E-state index contributed by atoms with van der Waals surface area (Å²) in [6.45, 7) is 1.46. The van der Waals surface area contributed by atoms with Crippen molar-refractivity contribution in [2.24, 2.45) is 0 Å². The molecule has 0 unspecified atom stereocenters. The van der Waals surface area contributed by atoms with Crippen LogP contribution < -0.4 is 15.6 Å². The third kappa shape index (κ3) is 5.39. The van der Waals surface area contributed by atoms with Gasteiger partial charge in [-0.15, -0.1) is 0 Å². The van der Waals surface area contributed by atoms with Crippen molar-refractivity contribution in [1.29, 1.82) is 0 Å². The molecule has 0 aliphatic heterocycles. The highest BCUT2D eigenvalue weighted by Crippen LogP contribution is 2.25. The fourth-order valence-corrected chi connectivity index (χ4v) is 2.90. The first-order valence-corrected chi connectivity index (χ1v) is 9.67. The number of benzene rings is 1. The maximum absolute atomic E-state index is 12.2. The minimum Gasteiger partial charge on any atom is -0.475 e. The molecular formula is C19H17Cl3N4O3. The number of nitrogens with zero attached hydrogens (tertiary/aromatic N) is 3. The summed E-state index contributed by atoms with van der Waals surface area (Å²) in [4.78, 5) is 16.5. The lowest BCUT2D eigenvalue weighted by Crippen LogP contribution is -2.21. The van der Waals surface area contributed by atoms with E-state index in [0.717, 1.165) is 10.2 Å². The monoisotopic (exact) mass is 454 g/mol. The summed E-state index contributed by atoms with van der Waals surface area (Å²) < 4.78 is 11.5. The molecule has 0 aliphatic rings. The molecule has 0 radical (unpaired) electrons. The van der Waals surface area contributed by atoms with Crippen LogP contribution in [0.3, 0.4) is 0 Å². The summed E-state index contributed by atoms with van der Waals surface area (Å²) >= 11 is 18.1. The van der Waals surface area contributed by atoms with Crippen molar-refractivity contribution in [2.75, 3.05) is 25.6 Å².